The van der Waals surface area contributed by atoms with Crippen molar-refractivity contribution in [2.24, 2.45) is 9.98 Å². The molecule has 1 heterocycles. The van der Waals surface area contributed by atoms with Gasteiger partial charge in [-0.1, -0.05) is 11.3 Å². The van der Waals surface area contributed by atoms with E-state index in [4.69, 9.17) is 0 Å². The molecule has 0 aliphatic carbocycles. The molecule has 3 rings (SSSR count). The maximum atomic E-state index is 9.22. The second-order valence-electron chi connectivity index (χ2n) is 4.57. The van der Waals surface area contributed by atoms with Crippen molar-refractivity contribution in [3.05, 3.63) is 59.7 Å². The number of benzene rings is 2. The Balaban J connectivity index is 1.68. The van der Waals surface area contributed by atoms with E-state index in [1.807, 2.05) is 0 Å². The van der Waals surface area contributed by atoms with Crippen LogP contribution in [-0.2, 0) is 0 Å². The highest BCUT2D eigenvalue weighted by atomic mass is 32.1. The molecule has 0 aliphatic heterocycles. The molecule has 0 fully saturated rings. The number of hydrogen-bond donors (Lipinski definition) is 2. The third-order valence-electron chi connectivity index (χ3n) is 2.84. The Labute approximate surface area is 136 Å². The molecule has 0 saturated carbocycles. The molecule has 0 bridgehead atoms. The average Bonchev–Trinajstić information content (AvgIpc) is 3.02. The van der Waals surface area contributed by atoms with Gasteiger partial charge in [0.25, 0.3) is 0 Å². The van der Waals surface area contributed by atoms with E-state index < -0.39 is 0 Å². The van der Waals surface area contributed by atoms with E-state index in [1.165, 1.54) is 11.3 Å². The number of phenols is 2. The number of phenolic OH excluding ortho intramolecular Hbond substituents is 2. The van der Waals surface area contributed by atoms with Crippen molar-refractivity contribution in [1.82, 2.24) is 10.2 Å². The van der Waals surface area contributed by atoms with Crippen LogP contribution in [0, 0.1) is 0 Å². The van der Waals surface area contributed by atoms with Gasteiger partial charge in [0.05, 0.1) is 0 Å². The fourth-order valence-electron chi connectivity index (χ4n) is 1.69. The maximum Gasteiger partial charge on any atom is 0.233 e. The van der Waals surface area contributed by atoms with E-state index in [0.717, 1.165) is 11.1 Å². The second-order valence-corrected chi connectivity index (χ2v) is 5.50. The summed E-state index contributed by atoms with van der Waals surface area (Å²) in [5.41, 5.74) is 1.71. The number of rotatable bonds is 4. The molecule has 2 N–H and O–H groups in total. The predicted molar refractivity (Wildman–Crippen MR) is 90.6 cm³/mol. The number of aromatic hydroxyl groups is 2. The summed E-state index contributed by atoms with van der Waals surface area (Å²) in [6, 6.07) is 13.4. The minimum absolute atomic E-state index is 0.212. The van der Waals surface area contributed by atoms with Gasteiger partial charge in [0, 0.05) is 12.4 Å². The van der Waals surface area contributed by atoms with Crippen LogP contribution in [-0.4, -0.2) is 32.8 Å². The third-order valence-corrected chi connectivity index (χ3v) is 3.58. The number of aromatic nitrogens is 2. The molecule has 0 atom stereocenters. The first-order valence-corrected chi connectivity index (χ1v) is 7.50. The Morgan fingerprint density at radius 1 is 0.696 bits per heavy atom. The minimum Gasteiger partial charge on any atom is -0.508 e. The fourth-order valence-corrected chi connectivity index (χ4v) is 2.23. The van der Waals surface area contributed by atoms with Gasteiger partial charge in [0.2, 0.25) is 10.3 Å². The molecule has 0 aliphatic rings. The zero-order chi connectivity index (χ0) is 16.1. The van der Waals surface area contributed by atoms with Crippen LogP contribution in [0.15, 0.2) is 58.5 Å². The molecular formula is C16H12N4O2S. The van der Waals surface area contributed by atoms with Crippen LogP contribution in [0.4, 0.5) is 10.3 Å². The lowest BCUT2D eigenvalue weighted by atomic mass is 10.2. The first-order valence-electron chi connectivity index (χ1n) is 6.69. The van der Waals surface area contributed by atoms with E-state index >= 15 is 0 Å². The molecule has 114 valence electrons. The van der Waals surface area contributed by atoms with Crippen LogP contribution in [0.1, 0.15) is 11.1 Å². The first-order chi connectivity index (χ1) is 11.2. The van der Waals surface area contributed by atoms with Crippen LogP contribution in [0.3, 0.4) is 0 Å². The van der Waals surface area contributed by atoms with Gasteiger partial charge in [-0.25, -0.2) is 9.98 Å². The van der Waals surface area contributed by atoms with E-state index in [9.17, 15) is 10.2 Å². The van der Waals surface area contributed by atoms with Gasteiger partial charge in [-0.3, -0.25) is 0 Å². The van der Waals surface area contributed by atoms with Crippen molar-refractivity contribution in [1.29, 1.82) is 0 Å². The Kier molecular flexibility index (Phi) is 4.39. The number of hydrogen-bond acceptors (Lipinski definition) is 7. The quantitative estimate of drug-likeness (QED) is 0.719. The summed E-state index contributed by atoms with van der Waals surface area (Å²) in [5.74, 6) is 0.424. The second kappa shape index (κ2) is 6.80. The monoisotopic (exact) mass is 324 g/mol. The third kappa shape index (κ3) is 4.21. The standard InChI is InChI=1S/C16H12N4O2S/c21-13-5-1-11(2-6-13)9-17-15-19-20-16(23-15)18-10-12-3-7-14(22)8-4-12/h1-10,21-22H. The Hall–Kier alpha value is -3.06. The van der Waals surface area contributed by atoms with Crippen LogP contribution in [0.25, 0.3) is 0 Å². The first kappa shape index (κ1) is 14.9. The van der Waals surface area contributed by atoms with Gasteiger partial charge in [-0.2, -0.15) is 0 Å². The minimum atomic E-state index is 0.212. The van der Waals surface area contributed by atoms with Gasteiger partial charge in [-0.05, 0) is 59.7 Å². The normalized spacial score (nSPS) is 11.5. The Bertz CT molecular complexity index is 769. The maximum absolute atomic E-state index is 9.22. The molecule has 2 aromatic carbocycles. The molecule has 1 aromatic heterocycles. The Morgan fingerprint density at radius 2 is 1.09 bits per heavy atom. The molecule has 6 nitrogen and oxygen atoms in total. The van der Waals surface area contributed by atoms with Crippen LogP contribution < -0.4 is 0 Å². The highest BCUT2D eigenvalue weighted by Crippen LogP contribution is 2.25. The highest BCUT2D eigenvalue weighted by molar-refractivity contribution is 7.18. The Morgan fingerprint density at radius 3 is 1.48 bits per heavy atom. The van der Waals surface area contributed by atoms with Crippen LogP contribution in [0.5, 0.6) is 11.5 Å². The fraction of sp³-hybridized carbons (Fsp3) is 0. The number of nitrogens with zero attached hydrogens (tertiary/aromatic N) is 4. The largest absolute Gasteiger partial charge is 0.508 e. The zero-order valence-electron chi connectivity index (χ0n) is 11.9. The lowest BCUT2D eigenvalue weighted by Gasteiger charge is -1.92. The summed E-state index contributed by atoms with van der Waals surface area (Å²) >= 11 is 1.26. The summed E-state index contributed by atoms with van der Waals surface area (Å²) in [7, 11) is 0. The molecule has 3 aromatic rings. The van der Waals surface area contributed by atoms with E-state index in [2.05, 4.69) is 20.2 Å². The van der Waals surface area contributed by atoms with Crippen LogP contribution >= 0.6 is 11.3 Å². The molecule has 23 heavy (non-hydrogen) atoms. The van der Waals surface area contributed by atoms with Crippen molar-refractivity contribution < 1.29 is 10.2 Å². The summed E-state index contributed by atoms with van der Waals surface area (Å²) in [4.78, 5) is 8.45. The topological polar surface area (TPSA) is 91.0 Å². The molecule has 0 unspecified atom stereocenters. The predicted octanol–water partition coefficient (Wildman–Crippen LogP) is 3.45. The van der Waals surface area contributed by atoms with E-state index in [1.54, 1.807) is 61.0 Å². The highest BCUT2D eigenvalue weighted by Gasteiger charge is 2.00. The lowest BCUT2D eigenvalue weighted by molar-refractivity contribution is 0.475. The summed E-state index contributed by atoms with van der Waals surface area (Å²) in [5, 5.41) is 27.3. The average molecular weight is 324 g/mol. The molecule has 0 amide bonds. The molecule has 0 saturated heterocycles. The molecule has 7 heteroatoms. The SMILES string of the molecule is Oc1ccc(C=Nc2nnc(N=Cc3ccc(O)cc3)s2)cc1. The van der Waals surface area contributed by atoms with Gasteiger partial charge in [-0.15, -0.1) is 10.2 Å². The summed E-state index contributed by atoms with van der Waals surface area (Å²) < 4.78 is 0. The van der Waals surface area contributed by atoms with Gasteiger partial charge >= 0.3 is 0 Å². The molecular weight excluding hydrogens is 312 g/mol. The smallest absolute Gasteiger partial charge is 0.233 e. The van der Waals surface area contributed by atoms with Crippen LogP contribution in [0.2, 0.25) is 0 Å². The van der Waals surface area contributed by atoms with Crippen molar-refractivity contribution >= 4 is 34.0 Å². The van der Waals surface area contributed by atoms with Crippen molar-refractivity contribution in [3.8, 4) is 11.5 Å². The molecule has 0 spiro atoms. The van der Waals surface area contributed by atoms with E-state index in [0.29, 0.717) is 10.3 Å². The zero-order valence-corrected chi connectivity index (χ0v) is 12.7. The van der Waals surface area contributed by atoms with E-state index in [-0.39, 0.29) is 11.5 Å². The van der Waals surface area contributed by atoms with Gasteiger partial charge in [0.1, 0.15) is 11.5 Å². The lowest BCUT2D eigenvalue weighted by Crippen LogP contribution is -1.78. The summed E-state index contributed by atoms with van der Waals surface area (Å²) in [6.07, 6.45) is 3.29. The van der Waals surface area contributed by atoms with Crippen molar-refractivity contribution in [3.63, 3.8) is 0 Å². The summed E-state index contributed by atoms with van der Waals surface area (Å²) in [6.45, 7) is 0. The van der Waals surface area contributed by atoms with Gasteiger partial charge in [0.15, 0.2) is 0 Å². The molecule has 0 radical (unpaired) electrons. The van der Waals surface area contributed by atoms with Crippen molar-refractivity contribution in [2.45, 2.75) is 0 Å². The van der Waals surface area contributed by atoms with Crippen molar-refractivity contribution in [2.75, 3.05) is 0 Å². The number of aliphatic imine (C=N–C) groups is 2. The van der Waals surface area contributed by atoms with Gasteiger partial charge < -0.3 is 10.2 Å².